The number of Topliss-reactive ketones (excluding diaryl/α,β-unsaturated/α-hetero) is 1. The van der Waals surface area contributed by atoms with Gasteiger partial charge in [-0.05, 0) is 18.2 Å². The van der Waals surface area contributed by atoms with Gasteiger partial charge in [-0.3, -0.25) is 4.79 Å². The normalized spacial score (nSPS) is 10.3. The van der Waals surface area contributed by atoms with Crippen LogP contribution in [0.5, 0.6) is 5.75 Å². The van der Waals surface area contributed by atoms with Crippen LogP contribution < -0.4 is 4.74 Å². The lowest BCUT2D eigenvalue weighted by molar-refractivity contribution is -0.131. The van der Waals surface area contributed by atoms with Crippen LogP contribution in [0.3, 0.4) is 0 Å². The maximum atomic E-state index is 11.5. The molecule has 0 aliphatic carbocycles. The minimum Gasteiger partial charge on any atom is -0.496 e. The van der Waals surface area contributed by atoms with E-state index in [0.29, 0.717) is 5.39 Å². The second-order valence-electron chi connectivity index (χ2n) is 3.12. The number of rotatable bonds is 3. The Labute approximate surface area is 90.2 Å². The zero-order chi connectivity index (χ0) is 11.7. The summed E-state index contributed by atoms with van der Waals surface area (Å²) in [6.07, 6.45) is 1.39. The van der Waals surface area contributed by atoms with Crippen molar-refractivity contribution < 1.29 is 23.8 Å². The molecule has 0 amide bonds. The number of hydrogen-bond donors (Lipinski definition) is 1. The third kappa shape index (κ3) is 1.42. The highest BCUT2D eigenvalue weighted by Gasteiger charge is 2.24. The second-order valence-corrected chi connectivity index (χ2v) is 3.12. The number of hydrogen-bond acceptors (Lipinski definition) is 4. The monoisotopic (exact) mass is 220 g/mol. The number of carbonyl (C=O) groups excluding carboxylic acids is 1. The van der Waals surface area contributed by atoms with Crippen LogP contribution in [0, 0.1) is 0 Å². The van der Waals surface area contributed by atoms with Gasteiger partial charge >= 0.3 is 5.97 Å². The smallest absolute Gasteiger partial charge is 0.377 e. The predicted octanol–water partition coefficient (Wildman–Crippen LogP) is 1.71. The molecule has 1 heterocycles. The SMILES string of the molecule is COc1ccc2ccoc2c1C(=O)C(=O)O. The summed E-state index contributed by atoms with van der Waals surface area (Å²) in [4.78, 5) is 22.2. The number of carboxylic acid groups (broad SMARTS) is 1. The quantitative estimate of drug-likeness (QED) is 0.629. The Bertz CT molecular complexity index is 567. The van der Waals surface area contributed by atoms with Crippen LogP contribution in [0.15, 0.2) is 28.9 Å². The van der Waals surface area contributed by atoms with Crippen LogP contribution in [0.4, 0.5) is 0 Å². The number of carbonyl (C=O) groups is 2. The van der Waals surface area contributed by atoms with Gasteiger partial charge in [-0.15, -0.1) is 0 Å². The number of benzene rings is 1. The van der Waals surface area contributed by atoms with Crippen molar-refractivity contribution in [1.82, 2.24) is 0 Å². The highest BCUT2D eigenvalue weighted by atomic mass is 16.5. The van der Waals surface area contributed by atoms with Crippen molar-refractivity contribution >= 4 is 22.7 Å². The highest BCUT2D eigenvalue weighted by molar-refractivity contribution is 6.42. The van der Waals surface area contributed by atoms with Gasteiger partial charge in [0.15, 0.2) is 0 Å². The maximum absolute atomic E-state index is 11.5. The lowest BCUT2D eigenvalue weighted by atomic mass is 10.1. The molecule has 82 valence electrons. The summed E-state index contributed by atoms with van der Waals surface area (Å²) in [5.74, 6) is -2.39. The molecule has 16 heavy (non-hydrogen) atoms. The molecule has 0 bridgehead atoms. The summed E-state index contributed by atoms with van der Waals surface area (Å²) in [6.45, 7) is 0. The number of methoxy groups -OCH3 is 1. The van der Waals surface area contributed by atoms with E-state index >= 15 is 0 Å². The molecule has 1 aromatic carbocycles. The summed E-state index contributed by atoms with van der Waals surface area (Å²) < 4.78 is 10.0. The van der Waals surface area contributed by atoms with E-state index in [9.17, 15) is 9.59 Å². The zero-order valence-corrected chi connectivity index (χ0v) is 8.39. The third-order valence-corrected chi connectivity index (χ3v) is 2.22. The number of ketones is 1. The van der Waals surface area contributed by atoms with Crippen molar-refractivity contribution in [1.29, 1.82) is 0 Å². The van der Waals surface area contributed by atoms with Crippen molar-refractivity contribution in [2.45, 2.75) is 0 Å². The lowest BCUT2D eigenvalue weighted by Gasteiger charge is -2.05. The molecule has 0 spiro atoms. The van der Waals surface area contributed by atoms with E-state index in [1.165, 1.54) is 19.4 Å². The highest BCUT2D eigenvalue weighted by Crippen LogP contribution is 2.29. The van der Waals surface area contributed by atoms with Gasteiger partial charge in [-0.1, -0.05) is 0 Å². The van der Waals surface area contributed by atoms with Crippen molar-refractivity contribution in [3.8, 4) is 5.75 Å². The summed E-state index contributed by atoms with van der Waals surface area (Å²) in [5.41, 5.74) is 0.171. The van der Waals surface area contributed by atoms with Gasteiger partial charge in [0.05, 0.1) is 13.4 Å². The number of aliphatic carboxylic acids is 1. The Kier molecular flexibility index (Phi) is 2.36. The van der Waals surface area contributed by atoms with E-state index in [2.05, 4.69) is 0 Å². The van der Waals surface area contributed by atoms with E-state index in [0.717, 1.165) is 0 Å². The molecular formula is C11H8O5. The third-order valence-electron chi connectivity index (χ3n) is 2.22. The number of fused-ring (bicyclic) bond motifs is 1. The molecule has 0 aliphatic heterocycles. The zero-order valence-electron chi connectivity index (χ0n) is 8.39. The van der Waals surface area contributed by atoms with Gasteiger partial charge in [0, 0.05) is 5.39 Å². The maximum Gasteiger partial charge on any atom is 0.377 e. The molecule has 0 radical (unpaired) electrons. The van der Waals surface area contributed by atoms with Gasteiger partial charge in [-0.25, -0.2) is 4.79 Å². The first-order chi connectivity index (χ1) is 7.65. The van der Waals surface area contributed by atoms with Gasteiger partial charge in [0.2, 0.25) is 0 Å². The van der Waals surface area contributed by atoms with Crippen LogP contribution in [-0.4, -0.2) is 24.0 Å². The Balaban J connectivity index is 2.76. The molecule has 0 aliphatic rings. The first-order valence-corrected chi connectivity index (χ1v) is 4.47. The summed E-state index contributed by atoms with van der Waals surface area (Å²) >= 11 is 0. The minimum absolute atomic E-state index is 0.0579. The molecular weight excluding hydrogens is 212 g/mol. The summed E-state index contributed by atoms with van der Waals surface area (Å²) in [5, 5.41) is 9.36. The summed E-state index contributed by atoms with van der Waals surface area (Å²) in [7, 11) is 1.36. The number of carboxylic acids is 1. The molecule has 0 unspecified atom stereocenters. The predicted molar refractivity (Wildman–Crippen MR) is 54.7 cm³/mol. The first-order valence-electron chi connectivity index (χ1n) is 4.47. The van der Waals surface area contributed by atoms with Crippen molar-refractivity contribution in [2.75, 3.05) is 7.11 Å². The fourth-order valence-corrected chi connectivity index (χ4v) is 1.51. The van der Waals surface area contributed by atoms with Crippen LogP contribution in [0.25, 0.3) is 11.0 Å². The molecule has 1 N–H and O–H groups in total. The van der Waals surface area contributed by atoms with E-state index < -0.39 is 11.8 Å². The largest absolute Gasteiger partial charge is 0.496 e. The molecule has 0 saturated heterocycles. The first kappa shape index (κ1) is 10.2. The molecule has 2 aromatic rings. The molecule has 5 nitrogen and oxygen atoms in total. The summed E-state index contributed by atoms with van der Waals surface area (Å²) in [6, 6.07) is 4.87. The van der Waals surface area contributed by atoms with Crippen LogP contribution >= 0.6 is 0 Å². The van der Waals surface area contributed by atoms with Gasteiger partial charge in [0.25, 0.3) is 5.78 Å². The van der Waals surface area contributed by atoms with Gasteiger partial charge in [-0.2, -0.15) is 0 Å². The van der Waals surface area contributed by atoms with E-state index in [1.807, 2.05) is 0 Å². The fraction of sp³-hybridized carbons (Fsp3) is 0.0909. The minimum atomic E-state index is -1.54. The van der Waals surface area contributed by atoms with Crippen LogP contribution in [0.1, 0.15) is 10.4 Å². The number of ether oxygens (including phenoxy) is 1. The Morgan fingerprint density at radius 2 is 2.06 bits per heavy atom. The topological polar surface area (TPSA) is 76.7 Å². The average molecular weight is 220 g/mol. The standard InChI is InChI=1S/C11H8O5/c1-15-7-3-2-6-4-5-16-10(6)8(7)9(12)11(13)14/h2-5H,1H3,(H,13,14). The van der Waals surface area contributed by atoms with Gasteiger partial charge < -0.3 is 14.3 Å². The van der Waals surface area contributed by atoms with Crippen molar-refractivity contribution in [3.63, 3.8) is 0 Å². The van der Waals surface area contributed by atoms with E-state index in [-0.39, 0.29) is 16.9 Å². The van der Waals surface area contributed by atoms with E-state index in [1.54, 1.807) is 12.1 Å². The fourth-order valence-electron chi connectivity index (χ4n) is 1.51. The van der Waals surface area contributed by atoms with Crippen molar-refractivity contribution in [3.05, 3.63) is 30.0 Å². The molecule has 1 aromatic heterocycles. The molecule has 0 fully saturated rings. The second kappa shape index (κ2) is 3.69. The molecule has 5 heteroatoms. The Morgan fingerprint density at radius 3 is 2.69 bits per heavy atom. The van der Waals surface area contributed by atoms with Crippen LogP contribution in [-0.2, 0) is 4.79 Å². The molecule has 0 atom stereocenters. The lowest BCUT2D eigenvalue weighted by Crippen LogP contribution is -2.14. The Hall–Kier alpha value is -2.30. The average Bonchev–Trinajstić information content (AvgIpc) is 2.74. The molecule has 0 saturated carbocycles. The number of furan rings is 1. The van der Waals surface area contributed by atoms with E-state index in [4.69, 9.17) is 14.3 Å². The van der Waals surface area contributed by atoms with Gasteiger partial charge in [0.1, 0.15) is 16.9 Å². The van der Waals surface area contributed by atoms with Crippen molar-refractivity contribution in [2.24, 2.45) is 0 Å². The molecule has 2 rings (SSSR count). The Morgan fingerprint density at radius 1 is 1.31 bits per heavy atom. The van der Waals surface area contributed by atoms with Crippen LogP contribution in [0.2, 0.25) is 0 Å².